The third-order valence-electron chi connectivity index (χ3n) is 4.67. The zero-order chi connectivity index (χ0) is 22.4. The maximum atomic E-state index is 13.4. The molecule has 0 bridgehead atoms. The van der Waals surface area contributed by atoms with Crippen LogP contribution >= 0.6 is 11.6 Å². The zero-order valence-corrected chi connectivity index (χ0v) is 18.3. The number of carbonyl (C=O) groups excluding carboxylic acids is 1. The van der Waals surface area contributed by atoms with Crippen molar-refractivity contribution >= 4 is 34.7 Å². The molecule has 0 spiro atoms. The van der Waals surface area contributed by atoms with Gasteiger partial charge >= 0.3 is 12.2 Å². The molecule has 3 rings (SSSR count). The van der Waals surface area contributed by atoms with Crippen LogP contribution < -0.4 is 11.1 Å². The topological polar surface area (TPSA) is 108 Å². The van der Waals surface area contributed by atoms with Crippen LogP contribution in [0.3, 0.4) is 0 Å². The van der Waals surface area contributed by atoms with Crippen LogP contribution in [-0.4, -0.2) is 32.2 Å². The maximum Gasteiger partial charge on any atom is 0.407 e. The Hall–Kier alpha value is -2.94. The van der Waals surface area contributed by atoms with Crippen LogP contribution in [-0.2, 0) is 24.2 Å². The Bertz CT molecular complexity index is 1060. The number of fused-ring (bicyclic) bond motifs is 1. The summed E-state index contributed by atoms with van der Waals surface area (Å²) in [6.45, 7) is 5.40. The lowest BCUT2D eigenvalue weighted by Crippen LogP contribution is -2.24. The Balaban J connectivity index is 1.40. The number of hydrogen-bond donors (Lipinski definition) is 2. The van der Waals surface area contributed by atoms with E-state index in [1.165, 1.54) is 5.56 Å². The molecule has 1 aromatic carbocycles. The van der Waals surface area contributed by atoms with Crippen LogP contribution in [0.5, 0.6) is 0 Å². The first-order valence-electron chi connectivity index (χ1n) is 10.1. The normalized spacial score (nSPS) is 11.3. The fourth-order valence-electron chi connectivity index (χ4n) is 3.23. The van der Waals surface area contributed by atoms with Crippen molar-refractivity contribution < 1.29 is 13.9 Å². The highest BCUT2D eigenvalue weighted by Gasteiger charge is 2.11. The van der Waals surface area contributed by atoms with E-state index in [0.717, 1.165) is 12.0 Å². The second-order valence-corrected chi connectivity index (χ2v) is 8.12. The third kappa shape index (κ3) is 6.27. The van der Waals surface area contributed by atoms with Crippen LogP contribution in [0.15, 0.2) is 24.5 Å². The summed E-state index contributed by atoms with van der Waals surface area (Å²) in [4.78, 5) is 23.3. The quantitative estimate of drug-likeness (QED) is 0.376. The summed E-state index contributed by atoms with van der Waals surface area (Å²) in [5, 5.41) is 3.34. The van der Waals surface area contributed by atoms with Gasteiger partial charge in [0.15, 0.2) is 11.5 Å². The molecule has 3 aromatic rings. The highest BCUT2D eigenvalue weighted by molar-refractivity contribution is 6.31. The first-order chi connectivity index (χ1) is 14.8. The highest BCUT2D eigenvalue weighted by Crippen LogP contribution is 2.20. The first-order valence-corrected chi connectivity index (χ1v) is 10.5. The molecule has 8 nitrogen and oxygen atoms in total. The van der Waals surface area contributed by atoms with E-state index in [2.05, 4.69) is 34.1 Å². The fourth-order valence-corrected chi connectivity index (χ4v) is 3.42. The second kappa shape index (κ2) is 10.4. The Kier molecular flexibility index (Phi) is 7.62. The van der Waals surface area contributed by atoms with Crippen molar-refractivity contribution in [1.29, 1.82) is 0 Å². The molecule has 0 radical (unpaired) electrons. The van der Waals surface area contributed by atoms with E-state index in [9.17, 15) is 9.18 Å². The van der Waals surface area contributed by atoms with Gasteiger partial charge in [0.25, 0.3) is 0 Å². The monoisotopic (exact) mass is 448 g/mol. The Morgan fingerprint density at radius 2 is 2.13 bits per heavy atom. The molecule has 31 heavy (non-hydrogen) atoms. The number of nitrogen functional groups attached to an aromatic ring is 1. The van der Waals surface area contributed by atoms with Gasteiger partial charge in [-0.25, -0.2) is 9.78 Å². The molecule has 0 aliphatic heterocycles. The number of aryl methyl sites for hydroxylation is 1. The summed E-state index contributed by atoms with van der Waals surface area (Å²) < 4.78 is 20.3. The number of nitrogens with two attached hydrogens (primary N) is 1. The summed E-state index contributed by atoms with van der Waals surface area (Å²) >= 11 is 6.23. The summed E-state index contributed by atoms with van der Waals surface area (Å²) in [7, 11) is 0. The van der Waals surface area contributed by atoms with Gasteiger partial charge in [0.2, 0.25) is 0 Å². The molecular formula is C21H26ClFN6O2. The SMILES string of the molecule is CC(C)Cc1ccc(Cl)c(CNC(=O)OCCCCn2cnc3c(N)nc(F)nc32)c1. The number of hydrogen-bond acceptors (Lipinski definition) is 6. The number of imidazole rings is 1. The fraction of sp³-hybridized carbons (Fsp3) is 0.429. The molecule has 10 heteroatoms. The van der Waals surface area contributed by atoms with Crippen LogP contribution in [0, 0.1) is 12.0 Å². The number of aromatic nitrogens is 4. The highest BCUT2D eigenvalue weighted by atomic mass is 35.5. The Morgan fingerprint density at radius 3 is 2.90 bits per heavy atom. The third-order valence-corrected chi connectivity index (χ3v) is 5.04. The number of ether oxygens (including phenoxy) is 1. The minimum Gasteiger partial charge on any atom is -0.450 e. The molecule has 3 N–H and O–H groups in total. The molecule has 0 unspecified atom stereocenters. The van der Waals surface area contributed by atoms with Crippen molar-refractivity contribution in [2.24, 2.45) is 5.92 Å². The van der Waals surface area contributed by atoms with Crippen molar-refractivity contribution in [2.45, 2.75) is 46.2 Å². The van der Waals surface area contributed by atoms with Gasteiger partial charge in [0.05, 0.1) is 12.9 Å². The number of rotatable bonds is 9. The molecule has 1 amide bonds. The Labute approximate surface area is 185 Å². The van der Waals surface area contributed by atoms with Crippen LogP contribution in [0.2, 0.25) is 5.02 Å². The molecule has 0 aliphatic rings. The largest absolute Gasteiger partial charge is 0.450 e. The van der Waals surface area contributed by atoms with Crippen LogP contribution in [0.4, 0.5) is 15.0 Å². The molecule has 0 saturated carbocycles. The van der Waals surface area contributed by atoms with E-state index in [1.54, 1.807) is 10.9 Å². The molecule has 2 aromatic heterocycles. The molecule has 166 valence electrons. The van der Waals surface area contributed by atoms with Crippen LogP contribution in [0.1, 0.15) is 37.8 Å². The average molecular weight is 449 g/mol. The van der Waals surface area contributed by atoms with E-state index >= 15 is 0 Å². The van der Waals surface area contributed by atoms with E-state index in [1.807, 2.05) is 18.2 Å². The lowest BCUT2D eigenvalue weighted by Gasteiger charge is -2.11. The predicted molar refractivity (Wildman–Crippen MR) is 117 cm³/mol. The van der Waals surface area contributed by atoms with Gasteiger partial charge in [0.1, 0.15) is 5.52 Å². The summed E-state index contributed by atoms with van der Waals surface area (Å²) in [6, 6.07) is 5.87. The number of anilines is 1. The van der Waals surface area contributed by atoms with Gasteiger partial charge < -0.3 is 20.4 Å². The van der Waals surface area contributed by atoms with Crippen molar-refractivity contribution in [2.75, 3.05) is 12.3 Å². The summed E-state index contributed by atoms with van der Waals surface area (Å²) in [5.74, 6) is 0.548. The predicted octanol–water partition coefficient (Wildman–Crippen LogP) is 4.11. The lowest BCUT2D eigenvalue weighted by atomic mass is 10.0. The van der Waals surface area contributed by atoms with E-state index in [4.69, 9.17) is 22.1 Å². The minimum atomic E-state index is -0.887. The molecule has 2 heterocycles. The summed E-state index contributed by atoms with van der Waals surface area (Å²) in [6.07, 6.45) is 2.42. The van der Waals surface area contributed by atoms with Crippen molar-refractivity contribution in [3.05, 3.63) is 46.8 Å². The zero-order valence-electron chi connectivity index (χ0n) is 17.6. The number of benzene rings is 1. The van der Waals surface area contributed by atoms with Gasteiger partial charge in [-0.2, -0.15) is 14.4 Å². The molecule has 0 saturated heterocycles. The van der Waals surface area contributed by atoms with Crippen molar-refractivity contribution in [1.82, 2.24) is 24.8 Å². The lowest BCUT2D eigenvalue weighted by molar-refractivity contribution is 0.143. The van der Waals surface area contributed by atoms with Gasteiger partial charge in [0, 0.05) is 18.1 Å². The van der Waals surface area contributed by atoms with Crippen molar-refractivity contribution in [3.63, 3.8) is 0 Å². The average Bonchev–Trinajstić information content (AvgIpc) is 3.11. The van der Waals surface area contributed by atoms with E-state index in [0.29, 0.717) is 48.0 Å². The number of halogens is 2. The van der Waals surface area contributed by atoms with E-state index < -0.39 is 12.2 Å². The number of alkyl carbamates (subject to hydrolysis) is 1. The molecule has 0 fully saturated rings. The standard InChI is InChI=1S/C21H26ClFN6O2/c1-13(2)9-14-5-6-16(22)15(10-14)11-25-21(30)31-8-4-3-7-29-12-26-17-18(24)27-20(23)28-19(17)29/h5-6,10,12-13H,3-4,7-9,11H2,1-2H3,(H,25,30)(H2,24,27,28). The number of nitrogens with one attached hydrogen (secondary N) is 1. The molecular weight excluding hydrogens is 423 g/mol. The second-order valence-electron chi connectivity index (χ2n) is 7.71. The van der Waals surface area contributed by atoms with Gasteiger partial charge in [-0.1, -0.05) is 37.6 Å². The van der Waals surface area contributed by atoms with E-state index in [-0.39, 0.29) is 12.4 Å². The Morgan fingerprint density at radius 1 is 1.32 bits per heavy atom. The van der Waals surface area contributed by atoms with Gasteiger partial charge in [-0.15, -0.1) is 0 Å². The first kappa shape index (κ1) is 22.7. The maximum absolute atomic E-state index is 13.4. The van der Waals surface area contributed by atoms with Crippen LogP contribution in [0.25, 0.3) is 11.2 Å². The number of unbranched alkanes of at least 4 members (excludes halogenated alkanes) is 1. The van der Waals surface area contributed by atoms with Crippen molar-refractivity contribution in [3.8, 4) is 0 Å². The minimum absolute atomic E-state index is 0.0103. The summed E-state index contributed by atoms with van der Waals surface area (Å²) in [5.41, 5.74) is 8.41. The number of amides is 1. The molecule has 0 atom stereocenters. The number of carbonyl (C=O) groups is 1. The van der Waals surface area contributed by atoms with Gasteiger partial charge in [-0.05, 0) is 42.4 Å². The smallest absolute Gasteiger partial charge is 0.407 e. The van der Waals surface area contributed by atoms with Gasteiger partial charge in [-0.3, -0.25) is 0 Å². The number of nitrogens with zero attached hydrogens (tertiary/aromatic N) is 4. The molecule has 0 aliphatic carbocycles.